The summed E-state index contributed by atoms with van der Waals surface area (Å²) in [6.07, 6.45) is 5.48. The molecule has 0 atom stereocenters. The number of carbonyl (C=O) groups excluding carboxylic acids is 2. The maximum absolute atomic E-state index is 10.0. The molecule has 0 aromatic carbocycles. The zero-order chi connectivity index (χ0) is 9.23. The Morgan fingerprint density at radius 3 is 2.42 bits per heavy atom. The van der Waals surface area contributed by atoms with E-state index in [-0.39, 0.29) is 0 Å². The van der Waals surface area contributed by atoms with Gasteiger partial charge in [-0.05, 0) is 12.5 Å². The van der Waals surface area contributed by atoms with Gasteiger partial charge in [-0.25, -0.2) is 0 Å². The number of hydrogen-bond donors (Lipinski definition) is 0. The standard InChI is InChI=1S/C6H8O2.C3H4O/c7-4-6-2-1-3-8-5-6;1-2-3-4/h2,4H,1,3,5H2;2-3H,1H2. The topological polar surface area (TPSA) is 43.4 Å². The van der Waals surface area contributed by atoms with Gasteiger partial charge in [0.1, 0.15) is 12.6 Å². The van der Waals surface area contributed by atoms with Crippen molar-refractivity contribution in [2.75, 3.05) is 13.2 Å². The Balaban J connectivity index is 0.000000261. The van der Waals surface area contributed by atoms with Crippen LogP contribution in [0.25, 0.3) is 0 Å². The van der Waals surface area contributed by atoms with Crippen LogP contribution in [0.1, 0.15) is 6.42 Å². The molecule has 1 heterocycles. The lowest BCUT2D eigenvalue weighted by Crippen LogP contribution is -2.05. The van der Waals surface area contributed by atoms with Gasteiger partial charge in [0, 0.05) is 5.57 Å². The van der Waals surface area contributed by atoms with E-state index < -0.39 is 0 Å². The van der Waals surface area contributed by atoms with Gasteiger partial charge in [0.15, 0.2) is 0 Å². The van der Waals surface area contributed by atoms with Crippen molar-refractivity contribution in [3.63, 3.8) is 0 Å². The van der Waals surface area contributed by atoms with Gasteiger partial charge in [-0.1, -0.05) is 12.7 Å². The summed E-state index contributed by atoms with van der Waals surface area (Å²) in [7, 11) is 0. The molecule has 0 saturated heterocycles. The molecule has 0 aromatic heterocycles. The Kier molecular flexibility index (Phi) is 7.08. The van der Waals surface area contributed by atoms with E-state index in [4.69, 9.17) is 9.53 Å². The van der Waals surface area contributed by atoms with Gasteiger partial charge >= 0.3 is 0 Å². The molecular formula is C9H12O3. The number of aldehydes is 2. The second-order valence-corrected chi connectivity index (χ2v) is 2.11. The molecule has 0 bridgehead atoms. The van der Waals surface area contributed by atoms with Crippen molar-refractivity contribution in [1.82, 2.24) is 0 Å². The molecule has 3 nitrogen and oxygen atoms in total. The van der Waals surface area contributed by atoms with Gasteiger partial charge < -0.3 is 4.74 Å². The summed E-state index contributed by atoms with van der Waals surface area (Å²) in [6.45, 7) is 4.38. The first kappa shape index (κ1) is 10.8. The number of allylic oxidation sites excluding steroid dienone is 1. The lowest BCUT2D eigenvalue weighted by atomic mass is 10.2. The summed E-state index contributed by atoms with van der Waals surface area (Å²) < 4.78 is 4.97. The molecule has 0 aromatic rings. The molecule has 0 radical (unpaired) electrons. The largest absolute Gasteiger partial charge is 0.376 e. The second kappa shape index (κ2) is 7.88. The quantitative estimate of drug-likeness (QED) is 0.454. The fourth-order valence-electron chi connectivity index (χ4n) is 0.659. The molecule has 0 unspecified atom stereocenters. The third-order valence-electron chi connectivity index (χ3n) is 1.19. The van der Waals surface area contributed by atoms with Crippen LogP contribution in [0.2, 0.25) is 0 Å². The summed E-state index contributed by atoms with van der Waals surface area (Å²) in [5, 5.41) is 0. The van der Waals surface area contributed by atoms with E-state index in [1.165, 1.54) is 6.08 Å². The Hall–Kier alpha value is -1.22. The fraction of sp³-hybridized carbons (Fsp3) is 0.333. The van der Waals surface area contributed by atoms with E-state index >= 15 is 0 Å². The molecule has 1 aliphatic rings. The molecule has 0 spiro atoms. The van der Waals surface area contributed by atoms with E-state index in [2.05, 4.69) is 6.58 Å². The summed E-state index contributed by atoms with van der Waals surface area (Å²) in [5.41, 5.74) is 0.774. The summed E-state index contributed by atoms with van der Waals surface area (Å²) in [6, 6.07) is 0. The van der Waals surface area contributed by atoms with E-state index in [0.717, 1.165) is 24.9 Å². The summed E-state index contributed by atoms with van der Waals surface area (Å²) in [5.74, 6) is 0. The van der Waals surface area contributed by atoms with Crippen LogP contribution >= 0.6 is 0 Å². The third-order valence-corrected chi connectivity index (χ3v) is 1.19. The number of ether oxygens (including phenoxy) is 1. The SMILES string of the molecule is C=CC=O.O=CC1=CCCOC1. The van der Waals surface area contributed by atoms with Crippen LogP contribution in [0.3, 0.4) is 0 Å². The van der Waals surface area contributed by atoms with Crippen molar-refractivity contribution in [3.8, 4) is 0 Å². The highest BCUT2D eigenvalue weighted by Gasteiger charge is 1.99. The molecule has 0 saturated carbocycles. The predicted octanol–water partition coefficient (Wildman–Crippen LogP) is 0.903. The molecular weight excluding hydrogens is 156 g/mol. The Labute approximate surface area is 71.7 Å². The van der Waals surface area contributed by atoms with E-state index in [1.807, 2.05) is 6.08 Å². The van der Waals surface area contributed by atoms with Gasteiger partial charge in [0.25, 0.3) is 0 Å². The minimum absolute atomic E-state index is 0.503. The van der Waals surface area contributed by atoms with E-state index in [0.29, 0.717) is 12.9 Å². The van der Waals surface area contributed by atoms with Crippen molar-refractivity contribution in [2.24, 2.45) is 0 Å². The van der Waals surface area contributed by atoms with Crippen LogP contribution in [0, 0.1) is 0 Å². The van der Waals surface area contributed by atoms with Crippen molar-refractivity contribution in [1.29, 1.82) is 0 Å². The van der Waals surface area contributed by atoms with Crippen LogP contribution in [-0.2, 0) is 14.3 Å². The first-order valence-corrected chi connectivity index (χ1v) is 3.63. The third kappa shape index (κ3) is 5.56. The molecule has 12 heavy (non-hydrogen) atoms. The highest BCUT2D eigenvalue weighted by Crippen LogP contribution is 2.01. The number of carbonyl (C=O) groups is 2. The van der Waals surface area contributed by atoms with Gasteiger partial charge in [-0.2, -0.15) is 0 Å². The minimum Gasteiger partial charge on any atom is -0.376 e. The highest BCUT2D eigenvalue weighted by atomic mass is 16.5. The minimum atomic E-state index is 0.503. The van der Waals surface area contributed by atoms with Crippen LogP contribution in [0.5, 0.6) is 0 Å². The maximum atomic E-state index is 10.0. The van der Waals surface area contributed by atoms with Gasteiger partial charge in [0.2, 0.25) is 0 Å². The highest BCUT2D eigenvalue weighted by molar-refractivity contribution is 5.73. The van der Waals surface area contributed by atoms with Gasteiger partial charge in [-0.3, -0.25) is 9.59 Å². The van der Waals surface area contributed by atoms with Crippen LogP contribution in [0.4, 0.5) is 0 Å². The Morgan fingerprint density at radius 2 is 2.17 bits per heavy atom. The van der Waals surface area contributed by atoms with E-state index in [1.54, 1.807) is 0 Å². The fourth-order valence-corrected chi connectivity index (χ4v) is 0.659. The molecule has 3 heteroatoms. The lowest BCUT2D eigenvalue weighted by molar-refractivity contribution is -0.105. The van der Waals surface area contributed by atoms with Crippen LogP contribution < -0.4 is 0 Å². The van der Waals surface area contributed by atoms with Gasteiger partial charge in [0.05, 0.1) is 13.2 Å². The van der Waals surface area contributed by atoms with Crippen molar-refractivity contribution in [2.45, 2.75) is 6.42 Å². The number of hydrogen-bond acceptors (Lipinski definition) is 3. The molecule has 0 N–H and O–H groups in total. The molecule has 0 aliphatic carbocycles. The van der Waals surface area contributed by atoms with Crippen molar-refractivity contribution < 1.29 is 14.3 Å². The zero-order valence-corrected chi connectivity index (χ0v) is 6.86. The van der Waals surface area contributed by atoms with Crippen LogP contribution in [0.15, 0.2) is 24.3 Å². The number of rotatable bonds is 2. The average Bonchev–Trinajstić information content (AvgIpc) is 2.19. The first-order chi connectivity index (χ1) is 5.85. The monoisotopic (exact) mass is 168 g/mol. The normalized spacial score (nSPS) is 14.8. The smallest absolute Gasteiger partial charge is 0.148 e. The second-order valence-electron chi connectivity index (χ2n) is 2.11. The van der Waals surface area contributed by atoms with Gasteiger partial charge in [-0.15, -0.1) is 0 Å². The van der Waals surface area contributed by atoms with Crippen LogP contribution in [-0.4, -0.2) is 25.8 Å². The van der Waals surface area contributed by atoms with Crippen molar-refractivity contribution >= 4 is 12.6 Å². The lowest BCUT2D eigenvalue weighted by Gasteiger charge is -2.06. The Bertz CT molecular complexity index is 176. The summed E-state index contributed by atoms with van der Waals surface area (Å²) in [4.78, 5) is 19.1. The maximum Gasteiger partial charge on any atom is 0.148 e. The molecule has 1 rings (SSSR count). The van der Waals surface area contributed by atoms with E-state index in [9.17, 15) is 4.79 Å². The summed E-state index contributed by atoms with van der Waals surface area (Å²) >= 11 is 0. The molecule has 66 valence electrons. The molecule has 0 amide bonds. The predicted molar refractivity (Wildman–Crippen MR) is 45.8 cm³/mol. The average molecular weight is 168 g/mol. The zero-order valence-electron chi connectivity index (χ0n) is 6.86. The molecule has 1 aliphatic heterocycles. The Morgan fingerprint density at radius 1 is 1.50 bits per heavy atom. The first-order valence-electron chi connectivity index (χ1n) is 3.63. The molecule has 0 fully saturated rings. The van der Waals surface area contributed by atoms with Crippen molar-refractivity contribution in [3.05, 3.63) is 24.3 Å².